The Morgan fingerprint density at radius 2 is 2.31 bits per heavy atom. The lowest BCUT2D eigenvalue weighted by Gasteiger charge is -2.00. The van der Waals surface area contributed by atoms with Crippen LogP contribution in [0.3, 0.4) is 0 Å². The largest absolute Gasteiger partial charge is 0.492 e. The standard InChI is InChI=1S/C11H9N3OS/c1-14-6-10(15)13-11(14)7-4-9-8(12-5-7)2-3-16-9/h2-6,15H,1H3. The third-order valence-electron chi connectivity index (χ3n) is 2.42. The van der Waals surface area contributed by atoms with E-state index >= 15 is 0 Å². The minimum atomic E-state index is 0.0313. The van der Waals surface area contributed by atoms with Gasteiger partial charge in [-0.05, 0) is 17.5 Å². The molecule has 3 rings (SSSR count). The number of aryl methyl sites for hydroxylation is 1. The molecule has 0 atom stereocenters. The molecular weight excluding hydrogens is 222 g/mol. The molecule has 0 aliphatic carbocycles. The maximum absolute atomic E-state index is 9.32. The van der Waals surface area contributed by atoms with Gasteiger partial charge in [0, 0.05) is 18.8 Å². The van der Waals surface area contributed by atoms with Crippen LogP contribution in [-0.2, 0) is 7.05 Å². The van der Waals surface area contributed by atoms with Crippen molar-refractivity contribution < 1.29 is 5.11 Å². The van der Waals surface area contributed by atoms with E-state index in [-0.39, 0.29) is 5.88 Å². The minimum absolute atomic E-state index is 0.0313. The van der Waals surface area contributed by atoms with E-state index < -0.39 is 0 Å². The van der Waals surface area contributed by atoms with E-state index in [1.54, 1.807) is 28.3 Å². The normalized spacial score (nSPS) is 11.1. The predicted octanol–water partition coefficient (Wildman–Crippen LogP) is 2.40. The van der Waals surface area contributed by atoms with Crippen molar-refractivity contribution in [2.45, 2.75) is 0 Å². The Bertz CT molecular complexity index is 656. The van der Waals surface area contributed by atoms with Crippen LogP contribution in [0.2, 0.25) is 0 Å². The first-order chi connectivity index (χ1) is 7.74. The average molecular weight is 231 g/mol. The van der Waals surface area contributed by atoms with Crippen LogP contribution in [0.1, 0.15) is 0 Å². The maximum Gasteiger partial charge on any atom is 0.229 e. The molecule has 3 heterocycles. The highest BCUT2D eigenvalue weighted by molar-refractivity contribution is 7.17. The van der Waals surface area contributed by atoms with Gasteiger partial charge in [-0.15, -0.1) is 11.3 Å². The summed E-state index contributed by atoms with van der Waals surface area (Å²) in [5.41, 5.74) is 1.91. The molecule has 0 unspecified atom stereocenters. The van der Waals surface area contributed by atoms with Gasteiger partial charge in [0.05, 0.1) is 16.4 Å². The second-order valence-corrected chi connectivity index (χ2v) is 4.51. The Hall–Kier alpha value is -1.88. The lowest BCUT2D eigenvalue weighted by Crippen LogP contribution is -1.91. The molecule has 0 aromatic carbocycles. The fourth-order valence-corrected chi connectivity index (χ4v) is 2.47. The van der Waals surface area contributed by atoms with Crippen molar-refractivity contribution in [3.63, 3.8) is 0 Å². The summed E-state index contributed by atoms with van der Waals surface area (Å²) in [7, 11) is 1.85. The first kappa shape index (κ1) is 9.35. The molecule has 3 aromatic heterocycles. The fourth-order valence-electron chi connectivity index (χ4n) is 1.69. The van der Waals surface area contributed by atoms with Crippen molar-refractivity contribution in [2.75, 3.05) is 0 Å². The van der Waals surface area contributed by atoms with E-state index in [1.165, 1.54) is 0 Å². The topological polar surface area (TPSA) is 50.9 Å². The van der Waals surface area contributed by atoms with Gasteiger partial charge >= 0.3 is 0 Å². The van der Waals surface area contributed by atoms with Gasteiger partial charge in [0.2, 0.25) is 5.88 Å². The fraction of sp³-hybridized carbons (Fsp3) is 0.0909. The molecule has 0 amide bonds. The van der Waals surface area contributed by atoms with Crippen LogP contribution in [0.4, 0.5) is 0 Å². The molecule has 16 heavy (non-hydrogen) atoms. The summed E-state index contributed by atoms with van der Waals surface area (Å²) in [6.45, 7) is 0. The van der Waals surface area contributed by atoms with E-state index in [2.05, 4.69) is 9.97 Å². The lowest BCUT2D eigenvalue weighted by atomic mass is 10.2. The molecule has 0 spiro atoms. The Kier molecular flexibility index (Phi) is 1.94. The monoisotopic (exact) mass is 231 g/mol. The number of aromatic nitrogens is 3. The van der Waals surface area contributed by atoms with Gasteiger partial charge in [0.15, 0.2) is 0 Å². The van der Waals surface area contributed by atoms with Gasteiger partial charge in [-0.3, -0.25) is 4.98 Å². The molecule has 1 N–H and O–H groups in total. The molecule has 3 aromatic rings. The van der Waals surface area contributed by atoms with Crippen LogP contribution < -0.4 is 0 Å². The first-order valence-corrected chi connectivity index (χ1v) is 5.68. The summed E-state index contributed by atoms with van der Waals surface area (Å²) < 4.78 is 2.91. The van der Waals surface area contributed by atoms with Crippen LogP contribution >= 0.6 is 11.3 Å². The van der Waals surface area contributed by atoms with E-state index in [9.17, 15) is 5.11 Å². The minimum Gasteiger partial charge on any atom is -0.492 e. The summed E-state index contributed by atoms with van der Waals surface area (Å²) >= 11 is 1.65. The van der Waals surface area contributed by atoms with Crippen molar-refractivity contribution in [3.05, 3.63) is 29.9 Å². The van der Waals surface area contributed by atoms with Crippen LogP contribution in [-0.4, -0.2) is 19.6 Å². The van der Waals surface area contributed by atoms with Crippen LogP contribution in [0, 0.1) is 0 Å². The molecule has 0 radical (unpaired) electrons. The Labute approximate surface area is 95.8 Å². The van der Waals surface area contributed by atoms with Crippen LogP contribution in [0.15, 0.2) is 29.9 Å². The van der Waals surface area contributed by atoms with Crippen LogP contribution in [0.25, 0.3) is 21.6 Å². The van der Waals surface area contributed by atoms with Crippen molar-refractivity contribution >= 4 is 21.6 Å². The molecule has 0 aliphatic rings. The number of thiophene rings is 1. The van der Waals surface area contributed by atoms with Gasteiger partial charge in [-0.1, -0.05) is 0 Å². The molecular formula is C11H9N3OS. The van der Waals surface area contributed by atoms with E-state index in [1.807, 2.05) is 24.6 Å². The summed E-state index contributed by atoms with van der Waals surface area (Å²) in [6, 6.07) is 4.02. The van der Waals surface area contributed by atoms with Gasteiger partial charge < -0.3 is 9.67 Å². The molecule has 0 aliphatic heterocycles. The quantitative estimate of drug-likeness (QED) is 0.699. The van der Waals surface area contributed by atoms with Gasteiger partial charge in [0.25, 0.3) is 0 Å². The number of aromatic hydroxyl groups is 1. The number of pyridine rings is 1. The van der Waals surface area contributed by atoms with Crippen molar-refractivity contribution in [1.82, 2.24) is 14.5 Å². The Morgan fingerprint density at radius 1 is 1.44 bits per heavy atom. The van der Waals surface area contributed by atoms with Gasteiger partial charge in [-0.25, -0.2) is 0 Å². The number of fused-ring (bicyclic) bond motifs is 1. The number of rotatable bonds is 1. The van der Waals surface area contributed by atoms with Crippen molar-refractivity contribution in [2.24, 2.45) is 7.05 Å². The zero-order valence-corrected chi connectivity index (χ0v) is 9.40. The zero-order chi connectivity index (χ0) is 11.1. The highest BCUT2D eigenvalue weighted by Gasteiger charge is 2.08. The van der Waals surface area contributed by atoms with E-state index in [0.717, 1.165) is 21.6 Å². The predicted molar refractivity (Wildman–Crippen MR) is 63.5 cm³/mol. The number of imidazole rings is 1. The molecule has 80 valence electrons. The highest BCUT2D eigenvalue weighted by atomic mass is 32.1. The van der Waals surface area contributed by atoms with E-state index in [0.29, 0.717) is 0 Å². The lowest BCUT2D eigenvalue weighted by molar-refractivity contribution is 0.456. The Morgan fingerprint density at radius 3 is 3.06 bits per heavy atom. The molecule has 0 saturated heterocycles. The van der Waals surface area contributed by atoms with Gasteiger partial charge in [0.1, 0.15) is 5.82 Å². The van der Waals surface area contributed by atoms with Gasteiger partial charge in [-0.2, -0.15) is 4.98 Å². The molecule has 5 heteroatoms. The summed E-state index contributed by atoms with van der Waals surface area (Å²) in [4.78, 5) is 8.40. The summed E-state index contributed by atoms with van der Waals surface area (Å²) in [5, 5.41) is 11.3. The summed E-state index contributed by atoms with van der Waals surface area (Å²) in [5.74, 6) is 0.754. The van der Waals surface area contributed by atoms with Crippen molar-refractivity contribution in [1.29, 1.82) is 0 Å². The maximum atomic E-state index is 9.32. The molecule has 0 fully saturated rings. The molecule has 0 bridgehead atoms. The zero-order valence-electron chi connectivity index (χ0n) is 8.58. The second kappa shape index (κ2) is 3.31. The number of hydrogen-bond donors (Lipinski definition) is 1. The highest BCUT2D eigenvalue weighted by Crippen LogP contribution is 2.26. The average Bonchev–Trinajstić information content (AvgIpc) is 2.83. The smallest absolute Gasteiger partial charge is 0.229 e. The van der Waals surface area contributed by atoms with E-state index in [4.69, 9.17) is 0 Å². The first-order valence-electron chi connectivity index (χ1n) is 4.80. The summed E-state index contributed by atoms with van der Waals surface area (Å²) in [6.07, 6.45) is 3.35. The molecule has 4 nitrogen and oxygen atoms in total. The second-order valence-electron chi connectivity index (χ2n) is 3.56. The van der Waals surface area contributed by atoms with Crippen LogP contribution in [0.5, 0.6) is 5.88 Å². The SMILES string of the molecule is Cn1cc(O)nc1-c1cnc2ccsc2c1. The molecule has 0 saturated carbocycles. The van der Waals surface area contributed by atoms with Crippen molar-refractivity contribution in [3.8, 4) is 17.3 Å². The third-order valence-corrected chi connectivity index (χ3v) is 3.28. The number of hydrogen-bond acceptors (Lipinski definition) is 4. The number of nitrogens with zero attached hydrogens (tertiary/aromatic N) is 3. The third kappa shape index (κ3) is 1.37. The Balaban J connectivity index is 2.21.